The molecule has 0 fully saturated rings. The Morgan fingerprint density at radius 2 is 1.70 bits per heavy atom. The number of halogens is 2. The van der Waals surface area contributed by atoms with E-state index in [0.717, 1.165) is 0 Å². The number of azo groups is 1. The molecule has 0 bridgehead atoms. The predicted molar refractivity (Wildman–Crippen MR) is 149 cm³/mol. The number of nitrogens with zero attached hydrogens (tertiary/aromatic N) is 2. The zero-order valence-corrected chi connectivity index (χ0v) is 26.1. The van der Waals surface area contributed by atoms with Crippen LogP contribution in [0.4, 0.5) is 17.1 Å². The maximum Gasteiger partial charge on any atom is 1.00 e. The summed E-state index contributed by atoms with van der Waals surface area (Å²) >= 11 is 12.4. The summed E-state index contributed by atoms with van der Waals surface area (Å²) in [6.45, 7) is 3.85. The molecule has 13 heteroatoms. The molecule has 0 saturated carbocycles. The number of anilines is 1. The maximum atomic E-state index is 13.6. The summed E-state index contributed by atoms with van der Waals surface area (Å²) in [7, 11) is -4.78. The summed E-state index contributed by atoms with van der Waals surface area (Å²) in [6.07, 6.45) is 0.335. The van der Waals surface area contributed by atoms with Gasteiger partial charge in [-0.05, 0) is 48.6 Å². The van der Waals surface area contributed by atoms with Crippen LogP contribution >= 0.6 is 23.2 Å². The second kappa shape index (κ2) is 13.3. The number of para-hydroxylation sites is 1. The van der Waals surface area contributed by atoms with Gasteiger partial charge < -0.3 is 15.2 Å². The largest absolute Gasteiger partial charge is 1.00 e. The first-order valence-electron chi connectivity index (χ1n) is 11.7. The molecule has 0 spiro atoms. The normalized spacial score (nSPS) is 11.4. The Balaban J connectivity index is 0.00000441. The van der Waals surface area contributed by atoms with Gasteiger partial charge in [0.1, 0.15) is 22.0 Å². The predicted octanol–water partition coefficient (Wildman–Crippen LogP) is 4.10. The van der Waals surface area contributed by atoms with Gasteiger partial charge in [-0.1, -0.05) is 72.3 Å². The van der Waals surface area contributed by atoms with Crippen molar-refractivity contribution in [1.29, 1.82) is 0 Å². The number of nitrogens with one attached hydrogen (secondary N) is 1. The molecule has 0 atom stereocenters. The van der Waals surface area contributed by atoms with E-state index in [1.165, 1.54) is 12.1 Å². The monoisotopic (exact) mass is 609 g/mol. The van der Waals surface area contributed by atoms with Crippen LogP contribution in [-0.4, -0.2) is 25.5 Å². The van der Waals surface area contributed by atoms with E-state index < -0.39 is 26.7 Å². The third kappa shape index (κ3) is 6.60. The molecule has 0 heterocycles. The molecular formula is C27H22Cl2N3NaO6S. The molecule has 4 aromatic carbocycles. The number of fused-ring (bicyclic) bond motifs is 1. The van der Waals surface area contributed by atoms with Gasteiger partial charge in [-0.25, -0.2) is 0 Å². The fourth-order valence-corrected chi connectivity index (χ4v) is 5.38. The quantitative estimate of drug-likeness (QED) is 0.175. The summed E-state index contributed by atoms with van der Waals surface area (Å²) in [5.41, 5.74) is -0.0366. The summed E-state index contributed by atoms with van der Waals surface area (Å²) in [6, 6.07) is 15.9. The fraction of sp³-hybridized carbons (Fsp3) is 0.148. The van der Waals surface area contributed by atoms with Gasteiger partial charge in [-0.2, -0.15) is 13.5 Å². The van der Waals surface area contributed by atoms with Crippen LogP contribution in [0.25, 0.3) is 10.8 Å². The van der Waals surface area contributed by atoms with E-state index in [1.807, 2.05) is 0 Å². The third-order valence-corrected chi connectivity index (χ3v) is 7.46. The summed E-state index contributed by atoms with van der Waals surface area (Å²) < 4.78 is 39.5. The molecule has 4 aromatic rings. The zero-order chi connectivity index (χ0) is 28.3. The molecule has 9 nitrogen and oxygen atoms in total. The van der Waals surface area contributed by atoms with Crippen LogP contribution in [0.5, 0.6) is 11.5 Å². The van der Waals surface area contributed by atoms with E-state index in [1.54, 1.807) is 62.4 Å². The van der Waals surface area contributed by atoms with Crippen molar-refractivity contribution in [2.45, 2.75) is 25.2 Å². The number of rotatable bonds is 8. The number of hydrogen-bond acceptors (Lipinski definition) is 7. The molecule has 40 heavy (non-hydrogen) atoms. The van der Waals surface area contributed by atoms with Crippen LogP contribution < -0.4 is 44.7 Å². The summed E-state index contributed by atoms with van der Waals surface area (Å²) in [5, 5.41) is 25.2. The third-order valence-electron chi connectivity index (χ3n) is 5.79. The maximum absolute atomic E-state index is 13.6. The van der Waals surface area contributed by atoms with Crippen LogP contribution in [0.15, 0.2) is 75.8 Å². The number of benzene rings is 4. The van der Waals surface area contributed by atoms with Crippen LogP contribution in [0, 0.1) is 0 Å². The van der Waals surface area contributed by atoms with Gasteiger partial charge in [0.2, 0.25) is 0 Å². The van der Waals surface area contributed by atoms with Gasteiger partial charge in [0.25, 0.3) is 16.0 Å². The Labute approximate surface area is 263 Å². The smallest absolute Gasteiger partial charge is 0.870 e. The van der Waals surface area contributed by atoms with E-state index in [2.05, 4.69) is 15.5 Å². The Morgan fingerprint density at radius 3 is 2.38 bits per heavy atom. The van der Waals surface area contributed by atoms with Gasteiger partial charge in [0.05, 0.1) is 22.3 Å². The average Bonchev–Trinajstić information content (AvgIpc) is 2.89. The molecular weight excluding hydrogens is 588 g/mol. The molecule has 2 N–H and O–H groups in total. The molecule has 0 radical (unpaired) electrons. The van der Waals surface area contributed by atoms with Crippen LogP contribution in [0.1, 0.15) is 29.8 Å². The topological polar surface area (TPSA) is 140 Å². The van der Waals surface area contributed by atoms with Crippen LogP contribution in [0.3, 0.4) is 0 Å². The molecule has 0 unspecified atom stereocenters. The van der Waals surface area contributed by atoms with E-state index in [4.69, 9.17) is 27.9 Å². The van der Waals surface area contributed by atoms with Crippen molar-refractivity contribution in [2.75, 3.05) is 11.9 Å². The molecule has 0 aliphatic carbocycles. The number of hydrogen-bond donors (Lipinski definition) is 2. The molecule has 0 aliphatic rings. The van der Waals surface area contributed by atoms with Crippen molar-refractivity contribution >= 4 is 67.1 Å². The van der Waals surface area contributed by atoms with Crippen LogP contribution in [-0.2, 0) is 16.5 Å². The number of aryl methyl sites for hydroxylation is 1. The zero-order valence-electron chi connectivity index (χ0n) is 21.7. The van der Waals surface area contributed by atoms with Crippen molar-refractivity contribution in [3.63, 3.8) is 0 Å². The molecule has 0 saturated heterocycles. The second-order valence-electron chi connectivity index (χ2n) is 8.24. The molecule has 4 rings (SSSR count). The first-order valence-corrected chi connectivity index (χ1v) is 13.9. The average molecular weight is 610 g/mol. The minimum atomic E-state index is -4.78. The molecule has 0 aromatic heterocycles. The van der Waals surface area contributed by atoms with Gasteiger partial charge in [-0.15, -0.1) is 5.11 Å². The van der Waals surface area contributed by atoms with E-state index in [0.29, 0.717) is 35.1 Å². The minimum Gasteiger partial charge on any atom is -0.870 e. The van der Waals surface area contributed by atoms with Crippen molar-refractivity contribution in [3.8, 4) is 11.5 Å². The van der Waals surface area contributed by atoms with Gasteiger partial charge >= 0.3 is 29.6 Å². The number of ether oxygens (including phenoxy) is 1. The Morgan fingerprint density at radius 1 is 1.00 bits per heavy atom. The van der Waals surface area contributed by atoms with Gasteiger partial charge in [-0.3, -0.25) is 9.35 Å². The van der Waals surface area contributed by atoms with Crippen molar-refractivity contribution in [2.24, 2.45) is 10.2 Å². The van der Waals surface area contributed by atoms with E-state index >= 15 is 0 Å². The van der Waals surface area contributed by atoms with Crippen molar-refractivity contribution in [1.82, 2.24) is 0 Å². The first-order chi connectivity index (χ1) is 18.6. The second-order valence-corrected chi connectivity index (χ2v) is 10.4. The Bertz CT molecular complexity index is 1730. The summed E-state index contributed by atoms with van der Waals surface area (Å²) in [4.78, 5) is 12.7. The van der Waals surface area contributed by atoms with E-state index in [9.17, 15) is 22.9 Å². The number of carbonyl (C=O) groups excluding carboxylic acids is 1. The van der Waals surface area contributed by atoms with Gasteiger partial charge in [0, 0.05) is 10.9 Å². The fourth-order valence-electron chi connectivity index (χ4n) is 3.99. The van der Waals surface area contributed by atoms with E-state index in [-0.39, 0.29) is 62.2 Å². The number of carbonyl (C=O) groups is 1. The first kappa shape index (κ1) is 31.8. The Kier molecular flexibility index (Phi) is 10.6. The molecule has 1 amide bonds. The number of amides is 1. The van der Waals surface area contributed by atoms with Gasteiger partial charge in [0.15, 0.2) is 0 Å². The summed E-state index contributed by atoms with van der Waals surface area (Å²) in [5.74, 6) is -1.18. The van der Waals surface area contributed by atoms with Crippen molar-refractivity contribution < 1.29 is 57.2 Å². The van der Waals surface area contributed by atoms with Crippen LogP contribution in [0.2, 0.25) is 10.0 Å². The van der Waals surface area contributed by atoms with Crippen molar-refractivity contribution in [3.05, 3.63) is 81.8 Å². The SMILES string of the molecule is CCOc1cccc(Cl)c1NC(=O)c1cc2ccccc2c(N=Nc2c(CC)ccc(Cl)c2S(=O)(=O)O)c1[O-].[Na+]. The molecule has 202 valence electrons. The minimum absolute atomic E-state index is 0. The Hall–Kier alpha value is -2.70. The molecule has 0 aliphatic heterocycles. The standard InChI is InChI=1S/C27H23Cl2N3O6S.Na/c1-3-15-12-13-20(29)26(39(35,36)37)22(15)31-32-23-17-9-6-5-8-16(17)14-18(25(23)33)27(34)30-24-19(28)10-7-11-21(24)38-4-2;/h5-14,33H,3-4H2,1-2H3,(H,30,34)(H,35,36,37);/q;+1/p-1.